The molecule has 0 radical (unpaired) electrons. The Labute approximate surface area is 123 Å². The Balaban J connectivity index is 2.03. The van der Waals surface area contributed by atoms with Gasteiger partial charge in [0.15, 0.2) is 17.0 Å². The number of aromatic nitrogens is 4. The van der Waals surface area contributed by atoms with Crippen molar-refractivity contribution in [1.29, 1.82) is 0 Å². The normalized spacial score (nSPS) is 33.5. The zero-order chi connectivity index (χ0) is 15.1. The van der Waals surface area contributed by atoms with Gasteiger partial charge in [0.2, 0.25) is 0 Å². The fourth-order valence-electron chi connectivity index (χ4n) is 2.32. The quantitative estimate of drug-likeness (QED) is 0.489. The van der Waals surface area contributed by atoms with Crippen LogP contribution in [0.2, 0.25) is 5.15 Å². The van der Waals surface area contributed by atoms with E-state index in [2.05, 4.69) is 15.0 Å². The number of ether oxygens (including phenoxy) is 1. The third-order valence-corrected chi connectivity index (χ3v) is 3.73. The molecule has 2 aromatic heterocycles. The molecule has 4 N–H and O–H groups in total. The monoisotopic (exact) mass is 316 g/mol. The maximum absolute atomic E-state index is 10.1. The number of rotatable bonds is 2. The second kappa shape index (κ2) is 5.44. The number of nitrogens with zero attached hydrogens (tertiary/aromatic N) is 4. The molecule has 3 rings (SSSR count). The van der Waals surface area contributed by atoms with Crippen molar-refractivity contribution >= 4 is 22.8 Å². The van der Waals surface area contributed by atoms with Gasteiger partial charge >= 0.3 is 0 Å². The summed E-state index contributed by atoms with van der Waals surface area (Å²) in [5.74, 6) is 0. The van der Waals surface area contributed by atoms with Crippen molar-refractivity contribution in [3.8, 4) is 0 Å². The number of halogens is 1. The Morgan fingerprint density at radius 1 is 1.14 bits per heavy atom. The van der Waals surface area contributed by atoms with Crippen LogP contribution in [-0.4, -0.2) is 71.0 Å². The van der Waals surface area contributed by atoms with Crippen molar-refractivity contribution in [2.24, 2.45) is 0 Å². The van der Waals surface area contributed by atoms with Crippen LogP contribution in [0.25, 0.3) is 11.2 Å². The molecule has 1 fully saturated rings. The number of fused-ring (bicyclic) bond motifs is 1. The highest BCUT2D eigenvalue weighted by atomic mass is 35.5. The summed E-state index contributed by atoms with van der Waals surface area (Å²) in [6.45, 7) is -0.510. The van der Waals surface area contributed by atoms with Crippen LogP contribution in [0, 0.1) is 0 Å². The minimum Gasteiger partial charge on any atom is -0.394 e. The summed E-state index contributed by atoms with van der Waals surface area (Å²) in [5, 5.41) is 39.0. The highest BCUT2D eigenvalue weighted by molar-refractivity contribution is 6.33. The van der Waals surface area contributed by atoms with Crippen LogP contribution in [-0.2, 0) is 4.74 Å². The van der Waals surface area contributed by atoms with Gasteiger partial charge in [0, 0.05) is 0 Å². The van der Waals surface area contributed by atoms with Crippen LogP contribution >= 0.6 is 11.6 Å². The topological polar surface area (TPSA) is 134 Å². The summed E-state index contributed by atoms with van der Waals surface area (Å²) in [4.78, 5) is 11.8. The first-order chi connectivity index (χ1) is 10.0. The summed E-state index contributed by atoms with van der Waals surface area (Å²) in [6.07, 6.45) is -3.84. The summed E-state index contributed by atoms with van der Waals surface area (Å²) < 4.78 is 6.80. The van der Waals surface area contributed by atoms with Crippen LogP contribution in [0.15, 0.2) is 12.7 Å². The molecule has 5 atom stereocenters. The van der Waals surface area contributed by atoms with Gasteiger partial charge in [-0.25, -0.2) is 15.0 Å². The van der Waals surface area contributed by atoms with E-state index in [1.54, 1.807) is 0 Å². The van der Waals surface area contributed by atoms with E-state index in [0.717, 1.165) is 0 Å². The third kappa shape index (κ3) is 2.27. The van der Waals surface area contributed by atoms with Crippen molar-refractivity contribution < 1.29 is 25.2 Å². The van der Waals surface area contributed by atoms with E-state index in [1.807, 2.05) is 0 Å². The Morgan fingerprint density at radius 3 is 2.62 bits per heavy atom. The van der Waals surface area contributed by atoms with Gasteiger partial charge in [-0.3, -0.25) is 4.57 Å². The Hall–Kier alpha value is -1.36. The van der Waals surface area contributed by atoms with Gasteiger partial charge in [-0.2, -0.15) is 0 Å². The molecular formula is C11H13ClN4O5. The summed E-state index contributed by atoms with van der Waals surface area (Å²) in [5.41, 5.74) is 0.621. The van der Waals surface area contributed by atoms with Crippen LogP contribution in [0.1, 0.15) is 6.23 Å². The van der Waals surface area contributed by atoms with Crippen molar-refractivity contribution in [3.63, 3.8) is 0 Å². The lowest BCUT2D eigenvalue weighted by Gasteiger charge is -2.40. The first kappa shape index (κ1) is 14.6. The van der Waals surface area contributed by atoms with Crippen LogP contribution < -0.4 is 0 Å². The van der Waals surface area contributed by atoms with Gasteiger partial charge in [0.1, 0.15) is 36.3 Å². The van der Waals surface area contributed by atoms with Gasteiger partial charge in [-0.05, 0) is 0 Å². The molecule has 0 spiro atoms. The molecule has 0 saturated carbocycles. The minimum atomic E-state index is -1.48. The average Bonchev–Trinajstić information content (AvgIpc) is 2.91. The largest absolute Gasteiger partial charge is 0.394 e. The second-order valence-corrected chi connectivity index (χ2v) is 5.07. The maximum atomic E-state index is 10.1. The fourth-order valence-corrected chi connectivity index (χ4v) is 2.50. The van der Waals surface area contributed by atoms with E-state index in [9.17, 15) is 20.4 Å². The maximum Gasteiger partial charge on any atom is 0.167 e. The highest BCUT2D eigenvalue weighted by Crippen LogP contribution is 2.30. The van der Waals surface area contributed by atoms with E-state index in [4.69, 9.17) is 16.3 Å². The zero-order valence-electron chi connectivity index (χ0n) is 10.6. The van der Waals surface area contributed by atoms with Gasteiger partial charge in [-0.1, -0.05) is 11.6 Å². The number of aliphatic hydroxyl groups is 4. The van der Waals surface area contributed by atoms with E-state index in [-0.39, 0.29) is 5.15 Å². The predicted octanol–water partition coefficient (Wildman–Crippen LogP) is -1.55. The third-order valence-electron chi connectivity index (χ3n) is 3.46. The molecule has 0 amide bonds. The Morgan fingerprint density at radius 2 is 1.90 bits per heavy atom. The minimum absolute atomic E-state index is 0.142. The summed E-state index contributed by atoms with van der Waals surface area (Å²) in [7, 11) is 0. The summed E-state index contributed by atoms with van der Waals surface area (Å²) >= 11 is 5.89. The highest BCUT2D eigenvalue weighted by Gasteiger charge is 2.44. The van der Waals surface area contributed by atoms with E-state index in [0.29, 0.717) is 11.2 Å². The van der Waals surface area contributed by atoms with Gasteiger partial charge < -0.3 is 25.2 Å². The number of hydrogen-bond acceptors (Lipinski definition) is 8. The molecule has 114 valence electrons. The van der Waals surface area contributed by atoms with Crippen molar-refractivity contribution in [3.05, 3.63) is 17.8 Å². The van der Waals surface area contributed by atoms with Crippen LogP contribution in [0.4, 0.5) is 0 Å². The number of aliphatic hydroxyl groups excluding tert-OH is 4. The van der Waals surface area contributed by atoms with E-state index >= 15 is 0 Å². The smallest absolute Gasteiger partial charge is 0.167 e. The molecule has 9 nitrogen and oxygen atoms in total. The molecule has 21 heavy (non-hydrogen) atoms. The molecule has 2 aromatic rings. The standard InChI is InChI=1S/C11H13ClN4O5/c12-9-5-10(14-2-13-9)16(3-15-5)11-8(20)7(19)6(18)4(1-17)21-11/h2-4,6-8,11,17-20H,1H2/t4-,6-,7+,8-,11?/m1/s1. The van der Waals surface area contributed by atoms with Crippen LogP contribution in [0.3, 0.4) is 0 Å². The molecule has 0 bridgehead atoms. The van der Waals surface area contributed by atoms with E-state index in [1.165, 1.54) is 17.2 Å². The van der Waals surface area contributed by atoms with Crippen molar-refractivity contribution in [2.45, 2.75) is 30.6 Å². The molecule has 1 unspecified atom stereocenters. The van der Waals surface area contributed by atoms with E-state index < -0.39 is 37.3 Å². The predicted molar refractivity (Wildman–Crippen MR) is 69.3 cm³/mol. The molecule has 1 saturated heterocycles. The Kier molecular flexibility index (Phi) is 3.78. The number of imidazole rings is 1. The molecule has 3 heterocycles. The molecular weight excluding hydrogens is 304 g/mol. The average molecular weight is 317 g/mol. The first-order valence-electron chi connectivity index (χ1n) is 6.18. The van der Waals surface area contributed by atoms with Crippen LogP contribution in [0.5, 0.6) is 0 Å². The molecule has 1 aliphatic heterocycles. The Bertz CT molecular complexity index is 651. The van der Waals surface area contributed by atoms with Gasteiger partial charge in [0.25, 0.3) is 0 Å². The molecule has 0 aliphatic carbocycles. The molecule has 1 aliphatic rings. The lowest BCUT2D eigenvalue weighted by Crippen LogP contribution is -2.56. The van der Waals surface area contributed by atoms with Gasteiger partial charge in [0.05, 0.1) is 12.9 Å². The SMILES string of the molecule is OC[C@H]1OC(n2cnc3c(Cl)ncnc32)[C@H](O)[C@@H](O)[C@@H]1O. The second-order valence-electron chi connectivity index (χ2n) is 4.71. The lowest BCUT2D eigenvalue weighted by molar-refractivity contribution is -0.250. The lowest BCUT2D eigenvalue weighted by atomic mass is 9.98. The zero-order valence-corrected chi connectivity index (χ0v) is 11.4. The molecule has 10 heteroatoms. The number of hydrogen-bond donors (Lipinski definition) is 4. The van der Waals surface area contributed by atoms with Crippen molar-refractivity contribution in [2.75, 3.05) is 6.61 Å². The van der Waals surface area contributed by atoms with Crippen molar-refractivity contribution in [1.82, 2.24) is 19.5 Å². The fraction of sp³-hybridized carbons (Fsp3) is 0.545. The first-order valence-corrected chi connectivity index (χ1v) is 6.56. The summed E-state index contributed by atoms with van der Waals surface area (Å²) in [6, 6.07) is 0. The van der Waals surface area contributed by atoms with Gasteiger partial charge in [-0.15, -0.1) is 0 Å². The molecule has 0 aromatic carbocycles.